The highest BCUT2D eigenvalue weighted by molar-refractivity contribution is 5.61. The molecule has 17 heavy (non-hydrogen) atoms. The van der Waals surface area contributed by atoms with Crippen molar-refractivity contribution >= 4 is 6.16 Å². The lowest BCUT2D eigenvalue weighted by molar-refractivity contribution is -0.0306. The van der Waals surface area contributed by atoms with Crippen LogP contribution in [0.2, 0.25) is 0 Å². The minimum Gasteiger partial charge on any atom is -0.427 e. The van der Waals surface area contributed by atoms with E-state index in [9.17, 15) is 4.79 Å². The molecule has 1 atom stereocenters. The summed E-state index contributed by atoms with van der Waals surface area (Å²) in [6, 6.07) is 0. The Hall–Kier alpha value is -1.33. The van der Waals surface area contributed by atoms with Gasteiger partial charge in [0.25, 0.3) is 0 Å². The van der Waals surface area contributed by atoms with Crippen molar-refractivity contribution in [3.63, 3.8) is 0 Å². The first-order chi connectivity index (χ1) is 7.80. The summed E-state index contributed by atoms with van der Waals surface area (Å²) in [5.74, 6) is -1.47. The van der Waals surface area contributed by atoms with Crippen LogP contribution in [0.1, 0.15) is 27.2 Å². The number of carbonyl (C=O) groups excluding carboxylic acids is 1. The summed E-state index contributed by atoms with van der Waals surface area (Å²) in [5.41, 5.74) is 0.0157. The molecule has 96 valence electrons. The third-order valence-electron chi connectivity index (χ3n) is 2.05. The van der Waals surface area contributed by atoms with Crippen molar-refractivity contribution in [2.24, 2.45) is 5.41 Å². The van der Waals surface area contributed by atoms with Crippen molar-refractivity contribution in [2.45, 2.75) is 39.3 Å². The standard InChI is InChI=1S/C12H18O5/c1-6-9(8-11(3,4)5)14-10(13)15-12(7-2)16-17-12/h6-7,9H,1-2,8H2,3-5H3. The Kier molecular flexibility index (Phi) is 3.95. The average Bonchev–Trinajstić information content (AvgIpc) is 2.95. The summed E-state index contributed by atoms with van der Waals surface area (Å²) >= 11 is 0. The molecule has 1 aliphatic rings. The van der Waals surface area contributed by atoms with Crippen LogP contribution in [0, 0.1) is 5.41 Å². The van der Waals surface area contributed by atoms with Crippen LogP contribution in [0.4, 0.5) is 4.79 Å². The van der Waals surface area contributed by atoms with Gasteiger partial charge in [0, 0.05) is 6.08 Å². The molecule has 5 heteroatoms. The minimum atomic E-state index is -1.47. The van der Waals surface area contributed by atoms with Gasteiger partial charge in [0.05, 0.1) is 0 Å². The van der Waals surface area contributed by atoms with Gasteiger partial charge in [0.15, 0.2) is 0 Å². The van der Waals surface area contributed by atoms with E-state index < -0.39 is 18.2 Å². The fourth-order valence-corrected chi connectivity index (χ4v) is 1.23. The summed E-state index contributed by atoms with van der Waals surface area (Å²) < 4.78 is 9.84. The molecule has 0 amide bonds. The Balaban J connectivity index is 2.43. The maximum Gasteiger partial charge on any atom is 0.513 e. The predicted octanol–water partition coefficient (Wildman–Crippen LogP) is 2.93. The number of rotatable bonds is 5. The molecule has 1 aliphatic heterocycles. The Labute approximate surface area is 101 Å². The van der Waals surface area contributed by atoms with E-state index in [0.717, 1.165) is 0 Å². The van der Waals surface area contributed by atoms with Crippen LogP contribution in [0.3, 0.4) is 0 Å². The van der Waals surface area contributed by atoms with Crippen LogP contribution in [0.15, 0.2) is 25.3 Å². The lowest BCUT2D eigenvalue weighted by Crippen LogP contribution is -2.26. The van der Waals surface area contributed by atoms with Crippen LogP contribution in [0.25, 0.3) is 0 Å². The fourth-order valence-electron chi connectivity index (χ4n) is 1.23. The summed E-state index contributed by atoms with van der Waals surface area (Å²) in [5, 5.41) is 0. The zero-order valence-electron chi connectivity index (χ0n) is 10.4. The molecule has 5 nitrogen and oxygen atoms in total. The van der Waals surface area contributed by atoms with Crippen LogP contribution in [-0.4, -0.2) is 18.2 Å². The van der Waals surface area contributed by atoms with Crippen LogP contribution in [-0.2, 0) is 19.2 Å². The van der Waals surface area contributed by atoms with Crippen molar-refractivity contribution in [3.05, 3.63) is 25.3 Å². The molecule has 0 aliphatic carbocycles. The number of hydrogen-bond donors (Lipinski definition) is 0. The first-order valence-electron chi connectivity index (χ1n) is 5.33. The topological polar surface area (TPSA) is 60.6 Å². The van der Waals surface area contributed by atoms with Gasteiger partial charge in [-0.05, 0) is 11.8 Å². The maximum atomic E-state index is 11.4. The molecule has 1 rings (SSSR count). The third kappa shape index (κ3) is 4.58. The smallest absolute Gasteiger partial charge is 0.427 e. The van der Waals surface area contributed by atoms with Crippen molar-refractivity contribution in [3.8, 4) is 0 Å². The monoisotopic (exact) mass is 242 g/mol. The van der Waals surface area contributed by atoms with Gasteiger partial charge in [-0.15, -0.1) is 9.78 Å². The Morgan fingerprint density at radius 3 is 2.35 bits per heavy atom. The lowest BCUT2D eigenvalue weighted by Gasteiger charge is -2.23. The van der Waals surface area contributed by atoms with Crippen molar-refractivity contribution in [1.82, 2.24) is 0 Å². The second-order valence-corrected chi connectivity index (χ2v) is 4.98. The Bertz CT molecular complexity index is 311. The van der Waals surface area contributed by atoms with Gasteiger partial charge >= 0.3 is 12.1 Å². The van der Waals surface area contributed by atoms with E-state index in [1.54, 1.807) is 6.08 Å². The zero-order chi connectivity index (χ0) is 13.1. The highest BCUT2D eigenvalue weighted by Gasteiger charge is 2.52. The van der Waals surface area contributed by atoms with Crippen LogP contribution in [0.5, 0.6) is 0 Å². The van der Waals surface area contributed by atoms with E-state index in [2.05, 4.69) is 22.9 Å². The molecule has 1 heterocycles. The Morgan fingerprint density at radius 1 is 1.41 bits per heavy atom. The summed E-state index contributed by atoms with van der Waals surface area (Å²) in [7, 11) is 0. The molecular weight excluding hydrogens is 224 g/mol. The highest BCUT2D eigenvalue weighted by Crippen LogP contribution is 2.32. The van der Waals surface area contributed by atoms with Gasteiger partial charge in [0.2, 0.25) is 0 Å². The summed E-state index contributed by atoms with van der Waals surface area (Å²) in [6.45, 7) is 13.1. The normalized spacial score (nSPS) is 19.0. The van der Waals surface area contributed by atoms with Gasteiger partial charge in [-0.2, -0.15) is 0 Å². The van der Waals surface area contributed by atoms with Crippen LogP contribution < -0.4 is 0 Å². The van der Waals surface area contributed by atoms with E-state index in [0.29, 0.717) is 6.42 Å². The quantitative estimate of drug-likeness (QED) is 0.321. The molecule has 0 aromatic carbocycles. The minimum absolute atomic E-state index is 0.0157. The second kappa shape index (κ2) is 4.89. The molecule has 0 radical (unpaired) electrons. The fraction of sp³-hybridized carbons (Fsp3) is 0.583. The van der Waals surface area contributed by atoms with Crippen molar-refractivity contribution < 1.29 is 24.0 Å². The highest BCUT2D eigenvalue weighted by atomic mass is 17.5. The molecule has 0 saturated carbocycles. The first-order valence-corrected chi connectivity index (χ1v) is 5.33. The molecule has 1 fully saturated rings. The van der Waals surface area contributed by atoms with E-state index in [-0.39, 0.29) is 5.41 Å². The van der Waals surface area contributed by atoms with E-state index in [1.807, 2.05) is 20.8 Å². The van der Waals surface area contributed by atoms with Gasteiger partial charge < -0.3 is 9.47 Å². The molecule has 1 saturated heterocycles. The third-order valence-corrected chi connectivity index (χ3v) is 2.05. The Morgan fingerprint density at radius 2 is 2.00 bits per heavy atom. The molecule has 0 aromatic rings. The molecule has 0 spiro atoms. The zero-order valence-corrected chi connectivity index (χ0v) is 10.4. The van der Waals surface area contributed by atoms with Gasteiger partial charge in [-0.1, -0.05) is 40.0 Å². The molecule has 0 bridgehead atoms. The number of hydrogen-bond acceptors (Lipinski definition) is 5. The molecular formula is C12H18O5. The van der Waals surface area contributed by atoms with Gasteiger partial charge in [-0.3, -0.25) is 0 Å². The number of carbonyl (C=O) groups is 1. The molecule has 1 unspecified atom stereocenters. The van der Waals surface area contributed by atoms with E-state index in [4.69, 9.17) is 9.47 Å². The lowest BCUT2D eigenvalue weighted by atomic mass is 9.89. The number of ether oxygens (including phenoxy) is 2. The molecule has 0 N–H and O–H groups in total. The summed E-state index contributed by atoms with van der Waals surface area (Å²) in [4.78, 5) is 20.3. The maximum absolute atomic E-state index is 11.4. The van der Waals surface area contributed by atoms with Crippen molar-refractivity contribution in [1.29, 1.82) is 0 Å². The largest absolute Gasteiger partial charge is 0.513 e. The average molecular weight is 242 g/mol. The van der Waals surface area contributed by atoms with Gasteiger partial charge in [0.1, 0.15) is 6.10 Å². The van der Waals surface area contributed by atoms with Gasteiger partial charge in [-0.25, -0.2) is 4.79 Å². The van der Waals surface area contributed by atoms with E-state index in [1.165, 1.54) is 6.08 Å². The SMILES string of the molecule is C=CC(CC(C)(C)C)OC(=O)OC1(C=C)OO1. The molecule has 0 aromatic heterocycles. The van der Waals surface area contributed by atoms with Crippen LogP contribution >= 0.6 is 0 Å². The van der Waals surface area contributed by atoms with Crippen molar-refractivity contribution in [2.75, 3.05) is 0 Å². The van der Waals surface area contributed by atoms with E-state index >= 15 is 0 Å². The predicted molar refractivity (Wildman–Crippen MR) is 60.7 cm³/mol. The summed E-state index contributed by atoms with van der Waals surface area (Å²) in [6.07, 6.45) is 2.14. The first kappa shape index (κ1) is 13.7. The second-order valence-electron chi connectivity index (χ2n) is 4.98.